The summed E-state index contributed by atoms with van der Waals surface area (Å²) in [6.07, 6.45) is 2.13. The van der Waals surface area contributed by atoms with Gasteiger partial charge in [0.1, 0.15) is 12.4 Å². The maximum absolute atomic E-state index is 14.7. The van der Waals surface area contributed by atoms with Crippen molar-refractivity contribution in [1.29, 1.82) is 0 Å². The van der Waals surface area contributed by atoms with Gasteiger partial charge in [0.15, 0.2) is 0 Å². The first-order valence-corrected chi connectivity index (χ1v) is 12.3. The molecule has 34 heavy (non-hydrogen) atoms. The van der Waals surface area contributed by atoms with Gasteiger partial charge in [-0.2, -0.15) is 0 Å². The van der Waals surface area contributed by atoms with Gasteiger partial charge < -0.3 is 9.47 Å². The highest BCUT2D eigenvalue weighted by Gasteiger charge is 2.40. The smallest absolute Gasteiger partial charge is 0.410 e. The summed E-state index contributed by atoms with van der Waals surface area (Å²) in [6.45, 7) is 1.06. The molecule has 2 unspecified atom stereocenters. The number of nitrogens with zero attached hydrogens (tertiary/aromatic N) is 1. The summed E-state index contributed by atoms with van der Waals surface area (Å²) < 4.78 is 26.8. The third-order valence-corrected chi connectivity index (χ3v) is 7.66. The van der Waals surface area contributed by atoms with Crippen molar-refractivity contribution in [2.24, 2.45) is 0 Å². The van der Waals surface area contributed by atoms with E-state index in [2.05, 4.69) is 40.2 Å². The molecular formula is C28H23BrFNO3. The van der Waals surface area contributed by atoms with E-state index in [0.29, 0.717) is 29.7 Å². The van der Waals surface area contributed by atoms with Gasteiger partial charge >= 0.3 is 6.09 Å². The van der Waals surface area contributed by atoms with Crippen molar-refractivity contribution in [3.63, 3.8) is 0 Å². The van der Waals surface area contributed by atoms with Crippen LogP contribution in [0.3, 0.4) is 0 Å². The van der Waals surface area contributed by atoms with Gasteiger partial charge in [-0.1, -0.05) is 66.7 Å². The Kier molecular flexibility index (Phi) is 5.50. The van der Waals surface area contributed by atoms with Crippen LogP contribution in [0.1, 0.15) is 29.0 Å². The van der Waals surface area contributed by atoms with Gasteiger partial charge in [0, 0.05) is 11.5 Å². The van der Waals surface area contributed by atoms with E-state index in [9.17, 15) is 9.18 Å². The molecule has 0 spiro atoms. The molecule has 6 rings (SSSR count). The lowest BCUT2D eigenvalue weighted by molar-refractivity contribution is -0.0331. The van der Waals surface area contributed by atoms with Crippen molar-refractivity contribution in [3.8, 4) is 11.1 Å². The second-order valence-corrected chi connectivity index (χ2v) is 9.82. The lowest BCUT2D eigenvalue weighted by atomic mass is 9.90. The Morgan fingerprint density at radius 3 is 2.35 bits per heavy atom. The Morgan fingerprint density at radius 1 is 0.971 bits per heavy atom. The van der Waals surface area contributed by atoms with Gasteiger partial charge in [0.25, 0.3) is 0 Å². The summed E-state index contributed by atoms with van der Waals surface area (Å²) in [5, 5.41) is 0. The van der Waals surface area contributed by atoms with Crippen LogP contribution in [0.4, 0.5) is 9.18 Å². The Bertz CT molecular complexity index is 1260. The molecule has 0 radical (unpaired) electrons. The van der Waals surface area contributed by atoms with E-state index < -0.39 is 0 Å². The van der Waals surface area contributed by atoms with E-state index in [0.717, 1.165) is 5.57 Å². The highest BCUT2D eigenvalue weighted by Crippen LogP contribution is 2.44. The fraction of sp³-hybridized carbons (Fsp3) is 0.250. The van der Waals surface area contributed by atoms with Gasteiger partial charge in [0.2, 0.25) is 0 Å². The zero-order valence-corrected chi connectivity index (χ0v) is 20.0. The van der Waals surface area contributed by atoms with Gasteiger partial charge in [-0.15, -0.1) is 0 Å². The molecule has 1 amide bonds. The molecule has 2 heterocycles. The van der Waals surface area contributed by atoms with Crippen molar-refractivity contribution in [3.05, 3.63) is 99.8 Å². The summed E-state index contributed by atoms with van der Waals surface area (Å²) in [6, 6.07) is 21.4. The second kappa shape index (κ2) is 8.67. The number of halogens is 2. The summed E-state index contributed by atoms with van der Waals surface area (Å²) in [7, 11) is 0. The predicted molar refractivity (Wildman–Crippen MR) is 132 cm³/mol. The highest BCUT2D eigenvalue weighted by molar-refractivity contribution is 9.10. The molecule has 3 aromatic rings. The first kappa shape index (κ1) is 21.6. The standard InChI is InChI=1S/C28H23BrFNO3/c29-26-11-5-10-20(27(26)30)17-12-18-14-33-15-19(13-17)31(18)28(32)34-16-25-23-8-3-1-6-21(23)22-7-2-4-9-24(22)25/h1-12,18-19,25H,13-16H2. The molecule has 1 saturated heterocycles. The Labute approximate surface area is 206 Å². The number of morpholine rings is 1. The van der Waals surface area contributed by atoms with Crippen LogP contribution in [0.15, 0.2) is 77.3 Å². The molecule has 2 bridgehead atoms. The molecule has 0 N–H and O–H groups in total. The summed E-state index contributed by atoms with van der Waals surface area (Å²) >= 11 is 3.27. The molecular weight excluding hydrogens is 497 g/mol. The Morgan fingerprint density at radius 2 is 1.65 bits per heavy atom. The van der Waals surface area contributed by atoms with E-state index in [1.54, 1.807) is 17.0 Å². The molecule has 4 nitrogen and oxygen atoms in total. The minimum atomic E-state index is -0.342. The topological polar surface area (TPSA) is 38.8 Å². The normalized spacial score (nSPS) is 21.0. The van der Waals surface area contributed by atoms with Gasteiger partial charge in [0.05, 0.1) is 29.8 Å². The third-order valence-electron chi connectivity index (χ3n) is 7.04. The predicted octanol–water partition coefficient (Wildman–Crippen LogP) is 6.39. The molecule has 1 aliphatic carbocycles. The molecule has 3 aromatic carbocycles. The minimum Gasteiger partial charge on any atom is -0.448 e. The Balaban J connectivity index is 1.23. The van der Waals surface area contributed by atoms with Crippen LogP contribution in [0.2, 0.25) is 0 Å². The van der Waals surface area contributed by atoms with Crippen LogP contribution in [0, 0.1) is 5.82 Å². The number of benzene rings is 3. The van der Waals surface area contributed by atoms with Gasteiger partial charge in [-0.25, -0.2) is 9.18 Å². The first-order valence-electron chi connectivity index (χ1n) is 11.5. The van der Waals surface area contributed by atoms with Crippen molar-refractivity contribution >= 4 is 27.6 Å². The fourth-order valence-electron chi connectivity index (χ4n) is 5.50. The van der Waals surface area contributed by atoms with Crippen molar-refractivity contribution in [1.82, 2.24) is 4.90 Å². The molecule has 0 saturated carbocycles. The van der Waals surface area contributed by atoms with Crippen LogP contribution < -0.4 is 0 Å². The number of fused-ring (bicyclic) bond motifs is 5. The highest BCUT2D eigenvalue weighted by atomic mass is 79.9. The maximum Gasteiger partial charge on any atom is 0.410 e. The number of hydrogen-bond donors (Lipinski definition) is 0. The zero-order valence-electron chi connectivity index (χ0n) is 18.4. The van der Waals surface area contributed by atoms with Crippen molar-refractivity contribution in [2.45, 2.75) is 24.4 Å². The largest absolute Gasteiger partial charge is 0.448 e. The quantitative estimate of drug-likeness (QED) is 0.402. The van der Waals surface area contributed by atoms with E-state index in [1.807, 2.05) is 36.4 Å². The average molecular weight is 520 g/mol. The molecule has 172 valence electrons. The fourth-order valence-corrected chi connectivity index (χ4v) is 5.87. The molecule has 2 atom stereocenters. The summed E-state index contributed by atoms with van der Waals surface area (Å²) in [5.41, 5.74) is 6.24. The number of carbonyl (C=O) groups is 1. The maximum atomic E-state index is 14.7. The molecule has 6 heteroatoms. The lowest BCUT2D eigenvalue weighted by Gasteiger charge is -2.44. The van der Waals surface area contributed by atoms with Crippen LogP contribution >= 0.6 is 15.9 Å². The third kappa shape index (κ3) is 3.56. The van der Waals surface area contributed by atoms with Crippen LogP contribution in [-0.2, 0) is 9.47 Å². The second-order valence-electron chi connectivity index (χ2n) is 8.97. The summed E-state index contributed by atoms with van der Waals surface area (Å²) in [5.74, 6) is -0.263. The van der Waals surface area contributed by atoms with E-state index in [1.165, 1.54) is 22.3 Å². The van der Waals surface area contributed by atoms with Crippen LogP contribution in [0.25, 0.3) is 16.7 Å². The number of ether oxygens (including phenoxy) is 2. The minimum absolute atomic E-state index is 0.0131. The van der Waals surface area contributed by atoms with Crippen molar-refractivity contribution < 1.29 is 18.7 Å². The van der Waals surface area contributed by atoms with Crippen LogP contribution in [0.5, 0.6) is 0 Å². The van der Waals surface area contributed by atoms with E-state index >= 15 is 0 Å². The average Bonchev–Trinajstić information content (AvgIpc) is 3.17. The molecule has 1 fully saturated rings. The molecule has 0 aromatic heterocycles. The first-order chi connectivity index (χ1) is 16.6. The number of amides is 1. The lowest BCUT2D eigenvalue weighted by Crippen LogP contribution is -2.56. The van der Waals surface area contributed by atoms with Gasteiger partial charge in [-0.3, -0.25) is 4.90 Å². The monoisotopic (exact) mass is 519 g/mol. The van der Waals surface area contributed by atoms with Crippen molar-refractivity contribution in [2.75, 3.05) is 19.8 Å². The van der Waals surface area contributed by atoms with E-state index in [-0.39, 0.29) is 36.5 Å². The number of hydrogen-bond acceptors (Lipinski definition) is 3. The molecule has 2 aliphatic heterocycles. The zero-order chi connectivity index (χ0) is 23.2. The number of carbonyl (C=O) groups excluding carboxylic acids is 1. The summed E-state index contributed by atoms with van der Waals surface area (Å²) in [4.78, 5) is 15.1. The van der Waals surface area contributed by atoms with Gasteiger partial charge in [-0.05, 0) is 56.2 Å². The Hall–Kier alpha value is -2.96. The SMILES string of the molecule is O=C(OCC1c2ccccc2-c2ccccc21)N1C2C=C(c3cccc(Br)c3F)CC1COC2. The van der Waals surface area contributed by atoms with Crippen LogP contribution in [-0.4, -0.2) is 42.9 Å². The number of rotatable bonds is 3. The molecule has 3 aliphatic rings. The van der Waals surface area contributed by atoms with E-state index in [4.69, 9.17) is 9.47 Å².